The van der Waals surface area contributed by atoms with Gasteiger partial charge in [0.05, 0.1) is 17.2 Å². The molecule has 0 amide bonds. The van der Waals surface area contributed by atoms with E-state index in [1.807, 2.05) is 30.5 Å². The summed E-state index contributed by atoms with van der Waals surface area (Å²) in [6.45, 7) is 3.12. The highest BCUT2D eigenvalue weighted by atomic mass is 14.9. The van der Waals surface area contributed by atoms with Crippen LogP contribution in [-0.4, -0.2) is 22.7 Å². The average molecular weight is 291 g/mol. The minimum absolute atomic E-state index is 0.586. The largest absolute Gasteiger partial charge is 0.337 e. The molecule has 22 heavy (non-hydrogen) atoms. The van der Waals surface area contributed by atoms with E-state index >= 15 is 0 Å². The number of fused-ring (bicyclic) bond motifs is 1. The monoisotopic (exact) mass is 291 g/mol. The van der Waals surface area contributed by atoms with Crippen LogP contribution in [0.25, 0.3) is 11.0 Å². The summed E-state index contributed by atoms with van der Waals surface area (Å²) in [6, 6.07) is 18.7. The maximum Gasteiger partial charge on any atom is 0.149 e. The van der Waals surface area contributed by atoms with Gasteiger partial charge in [-0.2, -0.15) is 0 Å². The number of para-hydroxylation sites is 2. The van der Waals surface area contributed by atoms with Crippen molar-refractivity contribution in [1.29, 1.82) is 0 Å². The van der Waals surface area contributed by atoms with Crippen molar-refractivity contribution < 1.29 is 0 Å². The molecule has 1 atom stereocenters. The molecule has 0 aliphatic carbocycles. The fraction of sp³-hybridized carbons (Fsp3) is 0.263. The van der Waals surface area contributed by atoms with Gasteiger partial charge in [-0.15, -0.1) is 0 Å². The number of nitrogens with zero attached hydrogens (tertiary/aromatic N) is 2. The highest BCUT2D eigenvalue weighted by Crippen LogP contribution is 2.19. The predicted octanol–water partition coefficient (Wildman–Crippen LogP) is 4.57. The molecule has 0 saturated carbocycles. The number of rotatable bonds is 6. The van der Waals surface area contributed by atoms with Crippen LogP contribution in [0.4, 0.5) is 0 Å². The molecule has 3 heteroatoms. The number of hydrogen-bond donors (Lipinski definition) is 1. The van der Waals surface area contributed by atoms with Gasteiger partial charge in [0.25, 0.3) is 0 Å². The van der Waals surface area contributed by atoms with Crippen LogP contribution in [0.15, 0.2) is 59.6 Å². The average Bonchev–Trinajstić information content (AvgIpc) is 2.98. The first kappa shape index (κ1) is 14.5. The van der Waals surface area contributed by atoms with Crippen LogP contribution in [0.3, 0.4) is 0 Å². The summed E-state index contributed by atoms with van der Waals surface area (Å²) in [5.74, 6) is 1.42. The van der Waals surface area contributed by atoms with E-state index in [1.54, 1.807) is 0 Å². The molecular weight excluding hydrogens is 270 g/mol. The molecule has 0 saturated heterocycles. The summed E-state index contributed by atoms with van der Waals surface area (Å²) in [6.07, 6.45) is 4.08. The highest BCUT2D eigenvalue weighted by molar-refractivity contribution is 5.83. The van der Waals surface area contributed by atoms with E-state index in [4.69, 9.17) is 0 Å². The van der Waals surface area contributed by atoms with Gasteiger partial charge in [0, 0.05) is 6.54 Å². The Bertz CT molecular complexity index is 710. The fourth-order valence-corrected chi connectivity index (χ4v) is 2.62. The van der Waals surface area contributed by atoms with Crippen molar-refractivity contribution in [3.63, 3.8) is 0 Å². The number of benzene rings is 2. The first-order chi connectivity index (χ1) is 10.8. The molecule has 0 aliphatic heterocycles. The first-order valence-electron chi connectivity index (χ1n) is 7.82. The summed E-state index contributed by atoms with van der Waals surface area (Å²) in [5, 5.41) is 0. The van der Waals surface area contributed by atoms with E-state index < -0.39 is 0 Å². The smallest absolute Gasteiger partial charge is 0.149 e. The predicted molar refractivity (Wildman–Crippen MR) is 92.6 cm³/mol. The molecule has 3 nitrogen and oxygen atoms in total. The Morgan fingerprint density at radius 1 is 1.09 bits per heavy atom. The van der Waals surface area contributed by atoms with Gasteiger partial charge in [0.1, 0.15) is 5.82 Å². The second-order valence-electron chi connectivity index (χ2n) is 5.63. The summed E-state index contributed by atoms with van der Waals surface area (Å²) in [7, 11) is 0. The van der Waals surface area contributed by atoms with E-state index in [-0.39, 0.29) is 0 Å². The van der Waals surface area contributed by atoms with Gasteiger partial charge in [0.2, 0.25) is 0 Å². The number of H-pyrrole nitrogens is 1. The zero-order valence-electron chi connectivity index (χ0n) is 12.9. The Morgan fingerprint density at radius 2 is 1.86 bits per heavy atom. The molecule has 1 aromatic heterocycles. The van der Waals surface area contributed by atoms with Gasteiger partial charge < -0.3 is 4.98 Å². The Hall–Kier alpha value is -2.42. The zero-order valence-corrected chi connectivity index (χ0v) is 12.9. The molecule has 3 aromatic rings. The number of hydrogen-bond acceptors (Lipinski definition) is 2. The number of aromatic nitrogens is 2. The Kier molecular flexibility index (Phi) is 4.64. The van der Waals surface area contributed by atoms with Gasteiger partial charge in [-0.3, -0.25) is 4.99 Å². The number of aromatic amines is 1. The number of nitrogens with one attached hydrogen (secondary N) is 1. The molecule has 0 fully saturated rings. The molecule has 0 spiro atoms. The molecule has 1 N–H and O–H groups in total. The molecule has 0 bridgehead atoms. The highest BCUT2D eigenvalue weighted by Gasteiger charge is 2.03. The van der Waals surface area contributed by atoms with Crippen molar-refractivity contribution in [2.45, 2.75) is 25.7 Å². The van der Waals surface area contributed by atoms with Crippen LogP contribution in [0, 0.1) is 0 Å². The van der Waals surface area contributed by atoms with E-state index in [1.165, 1.54) is 5.56 Å². The second kappa shape index (κ2) is 7.03. The molecule has 0 radical (unpaired) electrons. The standard InChI is InChI=1S/C19H21N3/c1-15(16-9-3-2-4-10-16)8-7-13-20-14-19-21-17-11-5-6-12-18(17)22-19/h2-6,9-12,14-15H,7-8,13H2,1H3,(H,21,22)/t15-/m1/s1. The van der Waals surface area contributed by atoms with Crippen LogP contribution >= 0.6 is 0 Å². The van der Waals surface area contributed by atoms with Crippen LogP contribution in [0.5, 0.6) is 0 Å². The van der Waals surface area contributed by atoms with Crippen molar-refractivity contribution in [3.05, 3.63) is 66.0 Å². The lowest BCUT2D eigenvalue weighted by atomic mass is 9.96. The molecule has 112 valence electrons. The maximum atomic E-state index is 4.49. The fourth-order valence-electron chi connectivity index (χ4n) is 2.62. The van der Waals surface area contributed by atoms with Crippen molar-refractivity contribution >= 4 is 17.2 Å². The first-order valence-corrected chi connectivity index (χ1v) is 7.82. The lowest BCUT2D eigenvalue weighted by molar-refractivity contribution is 0.642. The normalized spacial score (nSPS) is 13.0. The SMILES string of the molecule is C[C@H](CCCN=Cc1nc2ccccc2[nH]1)c1ccccc1. The lowest BCUT2D eigenvalue weighted by Gasteiger charge is -2.10. The summed E-state index contributed by atoms with van der Waals surface area (Å²) >= 11 is 0. The zero-order chi connectivity index (χ0) is 15.2. The van der Waals surface area contributed by atoms with Crippen molar-refractivity contribution in [2.24, 2.45) is 4.99 Å². The summed E-state index contributed by atoms with van der Waals surface area (Å²) in [5.41, 5.74) is 3.45. The van der Waals surface area contributed by atoms with Crippen molar-refractivity contribution in [3.8, 4) is 0 Å². The minimum Gasteiger partial charge on any atom is -0.337 e. The third-order valence-electron chi connectivity index (χ3n) is 3.91. The Morgan fingerprint density at radius 3 is 2.68 bits per heavy atom. The van der Waals surface area contributed by atoms with Crippen molar-refractivity contribution in [1.82, 2.24) is 9.97 Å². The molecule has 3 rings (SSSR count). The van der Waals surface area contributed by atoms with Crippen LogP contribution in [0.1, 0.15) is 37.1 Å². The second-order valence-corrected chi connectivity index (χ2v) is 5.63. The minimum atomic E-state index is 0.586. The third-order valence-corrected chi connectivity index (χ3v) is 3.91. The van der Waals surface area contributed by atoms with E-state index in [0.29, 0.717) is 5.92 Å². The van der Waals surface area contributed by atoms with E-state index in [9.17, 15) is 0 Å². The number of imidazole rings is 1. The third kappa shape index (κ3) is 3.61. The van der Waals surface area contributed by atoms with Gasteiger partial charge in [-0.25, -0.2) is 4.98 Å². The molecule has 1 heterocycles. The van der Waals surface area contributed by atoms with Gasteiger partial charge >= 0.3 is 0 Å². The number of aliphatic imine (C=N–C) groups is 1. The maximum absolute atomic E-state index is 4.49. The lowest BCUT2D eigenvalue weighted by Crippen LogP contribution is -1.95. The molecule has 0 unspecified atom stereocenters. The van der Waals surface area contributed by atoms with Crippen LogP contribution < -0.4 is 0 Å². The van der Waals surface area contributed by atoms with Crippen molar-refractivity contribution in [2.75, 3.05) is 6.54 Å². The summed E-state index contributed by atoms with van der Waals surface area (Å²) in [4.78, 5) is 12.2. The quantitative estimate of drug-likeness (QED) is 0.524. The summed E-state index contributed by atoms with van der Waals surface area (Å²) < 4.78 is 0. The van der Waals surface area contributed by atoms with Gasteiger partial charge in [-0.1, -0.05) is 49.4 Å². The van der Waals surface area contributed by atoms with Gasteiger partial charge in [-0.05, 0) is 36.5 Å². The van der Waals surface area contributed by atoms with Gasteiger partial charge in [0.15, 0.2) is 0 Å². The molecule has 2 aromatic carbocycles. The van der Waals surface area contributed by atoms with E-state index in [0.717, 1.165) is 36.2 Å². The Labute approximate surface area is 131 Å². The van der Waals surface area contributed by atoms with Crippen LogP contribution in [0.2, 0.25) is 0 Å². The molecule has 0 aliphatic rings. The topological polar surface area (TPSA) is 41.0 Å². The molecular formula is C19H21N3. The Balaban J connectivity index is 1.48. The van der Waals surface area contributed by atoms with Crippen LogP contribution in [-0.2, 0) is 0 Å². The van der Waals surface area contributed by atoms with E-state index in [2.05, 4.69) is 52.2 Å².